The minimum Gasteiger partial charge on any atom is -0.462 e. The predicted molar refractivity (Wildman–Crippen MR) is 452 cm³/mol. The zero-order chi connectivity index (χ0) is 80.5. The zero-order valence-electron chi connectivity index (χ0n) is 74.4. The third-order valence-electron chi connectivity index (χ3n) is 46.1. The number of fused-ring (bicyclic) bond motifs is 51. The van der Waals surface area contributed by atoms with Crippen LogP contribution in [0.1, 0.15) is 266 Å². The molecule has 638 valence electrons. The number of ether oxygens (including phenoxy) is 1. The van der Waals surface area contributed by atoms with Crippen molar-refractivity contribution in [1.29, 1.82) is 0 Å². The van der Waals surface area contributed by atoms with Gasteiger partial charge in [0.2, 0.25) is 17.7 Å². The van der Waals surface area contributed by atoms with Crippen LogP contribution in [-0.4, -0.2) is 54.1 Å². The SMILES string of the molecule is CC(=O)OC1CC2CC1C1C3CC(C(C)C3C)C21.CC1C(C)C2CC1C1C3CC(C(=O)NC(C)(C)CS(=O)(=O)O)C(C3)C21.CC1C(C)C2CC1C1C3CC(C(N)=O)C(C3)C21.CC1C(C)C2CC1C1C3CC(C21)C(C)(C(N)=O)C3.CC1C(C)C2CC1C1C=CCC12.CC1C(C)C2CC1C1CCCC21.CC1CC2C3CCC(C3)C2C1C. The van der Waals surface area contributed by atoms with Crippen LogP contribution >= 0.6 is 0 Å². The Morgan fingerprint density at radius 2 is 0.842 bits per heavy atom. The number of carbonyl (C=O) groups is 4. The van der Waals surface area contributed by atoms with E-state index in [9.17, 15) is 27.6 Å². The molecule has 0 aromatic carbocycles. The number of esters is 1. The summed E-state index contributed by atoms with van der Waals surface area (Å²) in [5, 5.41) is 2.91. The molecule has 24 fully saturated rings. The van der Waals surface area contributed by atoms with Crippen LogP contribution in [0.15, 0.2) is 12.2 Å². The quantitative estimate of drug-likeness (QED) is 0.0836. The van der Waals surface area contributed by atoms with E-state index in [2.05, 4.69) is 121 Å². The van der Waals surface area contributed by atoms with Crippen molar-refractivity contribution in [3.05, 3.63) is 12.2 Å². The summed E-state index contributed by atoms with van der Waals surface area (Å²) in [4.78, 5) is 47.5. The van der Waals surface area contributed by atoms with Crippen molar-refractivity contribution < 1.29 is 36.9 Å². The number of nitrogens with two attached hydrogens (primary N) is 2. The molecule has 0 aromatic rings. The highest BCUT2D eigenvalue weighted by Gasteiger charge is 2.73. The number of rotatable bonds is 7. The molecular formula is C102H161N3O8S. The first-order valence-electron chi connectivity index (χ1n) is 49.6. The lowest BCUT2D eigenvalue weighted by atomic mass is 9.58. The fraction of sp³-hybridized carbons (Fsp3) is 0.941. The van der Waals surface area contributed by atoms with Gasteiger partial charge in [0, 0.05) is 24.2 Å². The normalized spacial score (nSPS) is 59.2. The molecule has 0 heterocycles. The van der Waals surface area contributed by atoms with Crippen LogP contribution in [-0.2, 0) is 34.0 Å². The van der Waals surface area contributed by atoms with Gasteiger partial charge >= 0.3 is 5.97 Å². The van der Waals surface area contributed by atoms with Crippen LogP contribution in [0, 0.1) is 313 Å². The van der Waals surface area contributed by atoms with Crippen LogP contribution in [0.4, 0.5) is 0 Å². The summed E-state index contributed by atoms with van der Waals surface area (Å²) >= 11 is 0. The van der Waals surface area contributed by atoms with Gasteiger partial charge in [-0.3, -0.25) is 23.7 Å². The molecule has 0 aromatic heterocycles. The van der Waals surface area contributed by atoms with Crippen LogP contribution in [0.5, 0.6) is 0 Å². The first-order chi connectivity index (χ1) is 53.9. The molecule has 25 aliphatic rings. The van der Waals surface area contributed by atoms with E-state index in [4.69, 9.17) is 20.8 Å². The van der Waals surface area contributed by atoms with Crippen LogP contribution in [0.2, 0.25) is 0 Å². The van der Waals surface area contributed by atoms with Crippen molar-refractivity contribution in [3.8, 4) is 0 Å². The molecule has 0 radical (unpaired) electrons. The molecule has 3 amide bonds. The van der Waals surface area contributed by atoms with Gasteiger partial charge in [0.25, 0.3) is 10.1 Å². The largest absolute Gasteiger partial charge is 0.462 e. The smallest absolute Gasteiger partial charge is 0.302 e. The lowest BCUT2D eigenvalue weighted by molar-refractivity contribution is -0.151. The number of primary amides is 2. The van der Waals surface area contributed by atoms with E-state index < -0.39 is 21.4 Å². The van der Waals surface area contributed by atoms with Gasteiger partial charge in [-0.1, -0.05) is 122 Å². The van der Waals surface area contributed by atoms with Gasteiger partial charge in [0.1, 0.15) is 6.10 Å². The first kappa shape index (κ1) is 81.2. The number of hydrogen-bond acceptors (Lipinski definition) is 7. The van der Waals surface area contributed by atoms with Gasteiger partial charge in [-0.05, 0) is 445 Å². The molecule has 54 atom stereocenters. The van der Waals surface area contributed by atoms with E-state index in [-0.39, 0.29) is 47.0 Å². The van der Waals surface area contributed by atoms with Crippen LogP contribution in [0.3, 0.4) is 0 Å². The monoisotopic (exact) mass is 1590 g/mol. The summed E-state index contributed by atoms with van der Waals surface area (Å²) < 4.78 is 37.1. The van der Waals surface area contributed by atoms with Crippen molar-refractivity contribution in [2.24, 2.45) is 325 Å². The maximum atomic E-state index is 12.9. The molecule has 6 N–H and O–H groups in total. The van der Waals surface area contributed by atoms with Gasteiger partial charge in [-0.2, -0.15) is 8.42 Å². The second-order valence-electron chi connectivity index (χ2n) is 49.3. The second kappa shape index (κ2) is 29.1. The lowest BCUT2D eigenvalue weighted by Crippen LogP contribution is -2.52. The molecule has 54 unspecified atom stereocenters. The average Bonchev–Trinajstić information content (AvgIpc) is 1.52. The third-order valence-corrected chi connectivity index (χ3v) is 47.2. The Hall–Kier alpha value is -2.47. The summed E-state index contributed by atoms with van der Waals surface area (Å²) in [5.74, 6) is 46.2. The summed E-state index contributed by atoms with van der Waals surface area (Å²) in [6, 6.07) is 0. The highest BCUT2D eigenvalue weighted by Crippen LogP contribution is 2.77. The minimum absolute atomic E-state index is 0.0110. The summed E-state index contributed by atoms with van der Waals surface area (Å²) in [6.45, 7) is 41.5. The molecular weight excluding hydrogens is 1430 g/mol. The fourth-order valence-electron chi connectivity index (χ4n) is 41.0. The molecule has 24 saturated carbocycles. The Labute approximate surface area is 691 Å². The molecule has 0 aliphatic heterocycles. The van der Waals surface area contributed by atoms with Crippen molar-refractivity contribution in [2.75, 3.05) is 5.75 Å². The topological polar surface area (TPSA) is 196 Å². The fourth-order valence-corrected chi connectivity index (χ4v) is 42.0. The van der Waals surface area contributed by atoms with Gasteiger partial charge in [0.05, 0.1) is 11.3 Å². The molecule has 11 nitrogen and oxygen atoms in total. The number of allylic oxidation sites excluding steroid dienone is 2. The first-order valence-corrected chi connectivity index (χ1v) is 51.3. The standard InChI is InChI=1S/C19H31NO4S.C16H25NO.C16H24O2.C15H23NO.2C12H20.C12H18/c1-9-10(2)13-7-12(9)16-11-5-14(17(13)16)15(6-11)18(21)20-19(3,4)8-25(22,23)24;1-7-8(2)11-5-10(7)13-9-4-12(14(11)13)16(3,6-9)15(17)18;1-7-8(2)12-6-11(7)15-10-4-13(16(12)15)14(5-10)18-9(3)17;1-6-7(2)10-5-9(6)13-8-3-11(14(10)13)12(4-8)15(16)17;1-7-5-11-9-3-4-10(6-9)12(11)8(7)2;2*1-7-8(2)12-6-11(7)9-4-3-5-10(9)12/h9-17H,5-8H2,1-4H3,(H,20,21)(H,22,23,24);7-14H,4-6H2,1-3H3,(H2,17,18);7-8,10-16H,4-6H2,1-3H3;6-14H,3-5H2,1-2H3,(H2,16,17);2*7-12H,3-6H2,1-2H3;3-4,7-12H,5-6H2,1-2H3. The second-order valence-corrected chi connectivity index (χ2v) is 50.7. The Morgan fingerprint density at radius 3 is 1.34 bits per heavy atom. The Kier molecular flexibility index (Phi) is 20.7. The van der Waals surface area contributed by atoms with Gasteiger partial charge in [-0.15, -0.1) is 0 Å². The Balaban J connectivity index is 0.0000000904. The van der Waals surface area contributed by atoms with Crippen molar-refractivity contribution >= 4 is 33.8 Å². The average molecular weight is 1590 g/mol. The van der Waals surface area contributed by atoms with Crippen molar-refractivity contribution in [1.82, 2.24) is 5.32 Å². The van der Waals surface area contributed by atoms with Crippen molar-refractivity contribution in [3.63, 3.8) is 0 Å². The molecule has 25 aliphatic carbocycles. The number of carbonyl (C=O) groups excluding carboxylic acids is 4. The number of hydrogen-bond donors (Lipinski definition) is 4. The Morgan fingerprint density at radius 1 is 0.421 bits per heavy atom. The summed E-state index contributed by atoms with van der Waals surface area (Å²) in [7, 11) is -4.11. The van der Waals surface area contributed by atoms with E-state index in [0.717, 1.165) is 274 Å². The lowest BCUT2D eigenvalue weighted by Gasteiger charge is -2.46. The molecule has 0 spiro atoms. The summed E-state index contributed by atoms with van der Waals surface area (Å²) in [6.07, 6.45) is 35.9. The van der Waals surface area contributed by atoms with E-state index in [1.54, 1.807) is 78.6 Å². The maximum Gasteiger partial charge on any atom is 0.302 e. The maximum absolute atomic E-state index is 12.9. The molecule has 22 bridgehead atoms. The highest BCUT2D eigenvalue weighted by molar-refractivity contribution is 7.85. The van der Waals surface area contributed by atoms with E-state index in [0.29, 0.717) is 35.5 Å². The van der Waals surface area contributed by atoms with E-state index in [1.807, 2.05) is 0 Å². The molecule has 114 heavy (non-hydrogen) atoms. The predicted octanol–water partition coefficient (Wildman–Crippen LogP) is 20.4. The van der Waals surface area contributed by atoms with Gasteiger partial charge in [0.15, 0.2) is 0 Å². The highest BCUT2D eigenvalue weighted by atomic mass is 32.2. The van der Waals surface area contributed by atoms with Crippen molar-refractivity contribution in [2.45, 2.75) is 278 Å². The summed E-state index contributed by atoms with van der Waals surface area (Å²) in [5.41, 5.74) is 10.2. The number of nitrogens with one attached hydrogen (secondary N) is 1. The number of amides is 3. The van der Waals surface area contributed by atoms with Gasteiger partial charge in [-0.25, -0.2) is 0 Å². The minimum atomic E-state index is -4.11. The van der Waals surface area contributed by atoms with E-state index in [1.165, 1.54) is 69.6 Å². The zero-order valence-corrected chi connectivity index (χ0v) is 75.2. The third kappa shape index (κ3) is 12.4. The van der Waals surface area contributed by atoms with E-state index >= 15 is 0 Å². The van der Waals surface area contributed by atoms with Crippen LogP contribution < -0.4 is 16.8 Å². The molecule has 25 rings (SSSR count). The Bertz CT molecular complexity index is 3780. The van der Waals surface area contributed by atoms with Gasteiger partial charge < -0.3 is 21.5 Å². The van der Waals surface area contributed by atoms with Crippen LogP contribution in [0.25, 0.3) is 0 Å². The molecule has 0 saturated heterocycles. The molecule has 12 heteroatoms.